The van der Waals surface area contributed by atoms with E-state index in [1.807, 2.05) is 0 Å². The first-order valence-corrected chi connectivity index (χ1v) is 14.9. The molecule has 5 fully saturated rings. The predicted molar refractivity (Wildman–Crippen MR) is 141 cm³/mol. The van der Waals surface area contributed by atoms with Crippen molar-refractivity contribution in [3.8, 4) is 0 Å². The summed E-state index contributed by atoms with van der Waals surface area (Å²) in [7, 11) is 0. The Kier molecular flexibility index (Phi) is 5.20. The number of carbonyl (C=O) groups excluding carboxylic acids is 2. The maximum absolute atomic E-state index is 13.5. The first kappa shape index (κ1) is 25.9. The van der Waals surface area contributed by atoms with E-state index >= 15 is 0 Å². The third-order valence-electron chi connectivity index (χ3n) is 14.0. The van der Waals surface area contributed by atoms with Gasteiger partial charge in [0.05, 0.1) is 11.5 Å². The molecule has 4 saturated carbocycles. The molecule has 0 aromatic rings. The molecule has 0 aromatic carbocycles. The molecule has 6 rings (SSSR count). The second-order valence-corrected chi connectivity index (χ2v) is 15.5. The van der Waals surface area contributed by atoms with Crippen LogP contribution in [0.5, 0.6) is 0 Å². The molecule has 0 spiro atoms. The maximum atomic E-state index is 13.5. The van der Waals surface area contributed by atoms with Gasteiger partial charge in [0.25, 0.3) is 0 Å². The molecule has 11 atom stereocenters. The van der Waals surface area contributed by atoms with Crippen LogP contribution in [0.1, 0.15) is 107 Å². The fraction of sp³-hybridized carbons (Fsp3) is 0.875. The Morgan fingerprint density at radius 2 is 1.73 bits per heavy atom. The van der Waals surface area contributed by atoms with Crippen LogP contribution >= 0.6 is 0 Å². The van der Waals surface area contributed by atoms with Crippen molar-refractivity contribution in [2.24, 2.45) is 50.7 Å². The molecule has 37 heavy (non-hydrogen) atoms. The number of hydrogen-bond donors (Lipinski definition) is 1. The van der Waals surface area contributed by atoms with E-state index in [4.69, 9.17) is 9.47 Å². The Morgan fingerprint density at radius 3 is 2.41 bits per heavy atom. The highest BCUT2D eigenvalue weighted by atomic mass is 16.6. The van der Waals surface area contributed by atoms with Crippen LogP contribution in [0.4, 0.5) is 0 Å². The van der Waals surface area contributed by atoms with E-state index in [2.05, 4.69) is 54.5 Å². The molecule has 6 aliphatic rings. The molecule has 5 aliphatic carbocycles. The van der Waals surface area contributed by atoms with Crippen LogP contribution in [0.2, 0.25) is 0 Å². The monoisotopic (exact) mass is 512 g/mol. The minimum atomic E-state index is -0.652. The van der Waals surface area contributed by atoms with E-state index in [1.165, 1.54) is 12.5 Å². The van der Waals surface area contributed by atoms with Crippen molar-refractivity contribution in [3.05, 3.63) is 11.6 Å². The highest BCUT2D eigenvalue weighted by molar-refractivity contribution is 5.82. The van der Waals surface area contributed by atoms with Gasteiger partial charge in [-0.15, -0.1) is 0 Å². The minimum absolute atomic E-state index is 0.00149. The molecule has 5 nitrogen and oxygen atoms in total. The van der Waals surface area contributed by atoms with E-state index < -0.39 is 17.8 Å². The molecule has 2 bridgehead atoms. The summed E-state index contributed by atoms with van der Waals surface area (Å²) in [6.07, 6.45) is 9.29. The fourth-order valence-electron chi connectivity index (χ4n) is 11.7. The molecule has 206 valence electrons. The Bertz CT molecular complexity index is 1080. The average molecular weight is 513 g/mol. The van der Waals surface area contributed by atoms with Crippen molar-refractivity contribution in [1.29, 1.82) is 0 Å². The SMILES string of the molecule is CC(=O)O[C@@H]1C[C@]2(C)[C@H]3CC=C4[C@H]5[C@]6(CC[C@@H](C)[C@]5(C)OC6=O)CC[C@@]4(C)[C@]3(C)CC[C@H]2C(C)(C)[C@H]1O. The summed E-state index contributed by atoms with van der Waals surface area (Å²) in [6.45, 7) is 17.8. The zero-order valence-electron chi connectivity index (χ0n) is 24.3. The van der Waals surface area contributed by atoms with Gasteiger partial charge in [-0.05, 0) is 97.7 Å². The minimum Gasteiger partial charge on any atom is -0.460 e. The Hall–Kier alpha value is -1.36. The van der Waals surface area contributed by atoms with Crippen molar-refractivity contribution in [2.45, 2.75) is 125 Å². The van der Waals surface area contributed by atoms with E-state index in [9.17, 15) is 14.7 Å². The van der Waals surface area contributed by atoms with Crippen LogP contribution in [-0.4, -0.2) is 34.9 Å². The summed E-state index contributed by atoms with van der Waals surface area (Å²) >= 11 is 0. The molecule has 0 radical (unpaired) electrons. The van der Waals surface area contributed by atoms with Crippen LogP contribution in [-0.2, 0) is 19.1 Å². The van der Waals surface area contributed by atoms with Gasteiger partial charge in [-0.1, -0.05) is 53.2 Å². The van der Waals surface area contributed by atoms with Crippen LogP contribution in [0.25, 0.3) is 0 Å². The number of aliphatic hydroxyl groups is 1. The Morgan fingerprint density at radius 1 is 1.03 bits per heavy atom. The fourth-order valence-corrected chi connectivity index (χ4v) is 11.7. The molecule has 0 aromatic heterocycles. The van der Waals surface area contributed by atoms with E-state index in [0.717, 1.165) is 44.9 Å². The molecule has 1 N–H and O–H groups in total. The van der Waals surface area contributed by atoms with Crippen molar-refractivity contribution in [1.82, 2.24) is 0 Å². The number of carbonyl (C=O) groups is 2. The van der Waals surface area contributed by atoms with Gasteiger partial charge in [0, 0.05) is 12.8 Å². The lowest BCUT2D eigenvalue weighted by molar-refractivity contribution is -0.237. The van der Waals surface area contributed by atoms with Crippen molar-refractivity contribution >= 4 is 11.9 Å². The lowest BCUT2D eigenvalue weighted by Gasteiger charge is -2.71. The molecule has 0 unspecified atom stereocenters. The second-order valence-electron chi connectivity index (χ2n) is 15.5. The van der Waals surface area contributed by atoms with Crippen molar-refractivity contribution in [3.63, 3.8) is 0 Å². The zero-order chi connectivity index (χ0) is 27.0. The topological polar surface area (TPSA) is 72.8 Å². The lowest BCUT2D eigenvalue weighted by atomic mass is 9.33. The van der Waals surface area contributed by atoms with Crippen molar-refractivity contribution in [2.75, 3.05) is 0 Å². The third kappa shape index (κ3) is 2.86. The van der Waals surface area contributed by atoms with E-state index in [1.54, 1.807) is 0 Å². The maximum Gasteiger partial charge on any atom is 0.313 e. The van der Waals surface area contributed by atoms with Crippen LogP contribution in [0.15, 0.2) is 11.6 Å². The van der Waals surface area contributed by atoms with Crippen LogP contribution in [0, 0.1) is 50.7 Å². The summed E-state index contributed by atoms with van der Waals surface area (Å²) < 4.78 is 12.1. The first-order chi connectivity index (χ1) is 17.1. The van der Waals surface area contributed by atoms with Gasteiger partial charge >= 0.3 is 11.9 Å². The molecule has 1 saturated heterocycles. The third-order valence-corrected chi connectivity index (χ3v) is 14.0. The highest BCUT2D eigenvalue weighted by Gasteiger charge is 2.75. The van der Waals surface area contributed by atoms with Gasteiger partial charge in [-0.2, -0.15) is 0 Å². The largest absolute Gasteiger partial charge is 0.460 e. The van der Waals surface area contributed by atoms with E-state index in [-0.39, 0.29) is 44.9 Å². The van der Waals surface area contributed by atoms with Crippen molar-refractivity contribution < 1.29 is 24.2 Å². The number of rotatable bonds is 1. The highest BCUT2D eigenvalue weighted by Crippen LogP contribution is 2.77. The molecule has 1 aliphatic heterocycles. The van der Waals surface area contributed by atoms with Crippen LogP contribution in [0.3, 0.4) is 0 Å². The summed E-state index contributed by atoms with van der Waals surface area (Å²) in [5.41, 5.74) is 0.446. The number of ether oxygens (including phenoxy) is 2. The predicted octanol–water partition coefficient (Wildman–Crippen LogP) is 6.23. The quantitative estimate of drug-likeness (QED) is 0.333. The summed E-state index contributed by atoms with van der Waals surface area (Å²) in [6, 6.07) is 0. The van der Waals surface area contributed by atoms with Gasteiger partial charge in [0.15, 0.2) is 0 Å². The smallest absolute Gasteiger partial charge is 0.313 e. The number of hydrogen-bond acceptors (Lipinski definition) is 5. The molecular formula is C32H48O5. The average Bonchev–Trinajstić information content (AvgIpc) is 2.97. The molecule has 0 amide bonds. The van der Waals surface area contributed by atoms with Gasteiger partial charge in [-0.25, -0.2) is 0 Å². The van der Waals surface area contributed by atoms with Gasteiger partial charge in [0.1, 0.15) is 11.7 Å². The first-order valence-electron chi connectivity index (χ1n) is 14.9. The van der Waals surface area contributed by atoms with E-state index in [0.29, 0.717) is 24.2 Å². The Labute approximate surface area is 223 Å². The molecule has 5 heteroatoms. The zero-order valence-corrected chi connectivity index (χ0v) is 24.3. The summed E-state index contributed by atoms with van der Waals surface area (Å²) in [4.78, 5) is 25.5. The normalized spacial score (nSPS) is 55.6. The second kappa shape index (κ2) is 7.43. The van der Waals surface area contributed by atoms with Gasteiger partial charge in [0.2, 0.25) is 0 Å². The standard InChI is InChI=1S/C32H48O5/c1-18-11-14-32-16-15-29(6)20(24(32)31(18,8)37-26(32)35)9-10-23-28(5)17-21(36-19(2)33)25(34)27(3,4)22(28)12-13-30(23,29)7/h9,18,21-25,34H,10-17H2,1-8H3/t18-,21-,22+,23-,24-,25+,28+,29-,30-,31+,32+/m1/s1. The van der Waals surface area contributed by atoms with Gasteiger partial charge in [-0.3, -0.25) is 9.59 Å². The number of fused-ring (bicyclic) bond motifs is 5. The number of esters is 2. The Balaban J connectivity index is 1.46. The van der Waals surface area contributed by atoms with Crippen LogP contribution < -0.4 is 0 Å². The van der Waals surface area contributed by atoms with Gasteiger partial charge < -0.3 is 14.6 Å². The number of aliphatic hydroxyl groups excluding tert-OH is 1. The summed E-state index contributed by atoms with van der Waals surface area (Å²) in [5, 5.41) is 11.3. The molecule has 1 heterocycles. The molecular weight excluding hydrogens is 464 g/mol. The summed E-state index contributed by atoms with van der Waals surface area (Å²) in [5.74, 6) is 1.08. The lowest BCUT2D eigenvalue weighted by Crippen LogP contribution is -2.67. The number of allylic oxidation sites excluding steroid dienone is 1.